The van der Waals surface area contributed by atoms with Gasteiger partial charge in [0, 0.05) is 28.5 Å². The molecular formula is C32H25NO4. The molecule has 1 aliphatic carbocycles. The lowest BCUT2D eigenvalue weighted by atomic mass is 9.90. The smallest absolute Gasteiger partial charge is 0.311 e. The molecule has 0 unspecified atom stereocenters. The van der Waals surface area contributed by atoms with Crippen LogP contribution in [0, 0.1) is 0 Å². The minimum Gasteiger partial charge on any atom is -0.490 e. The van der Waals surface area contributed by atoms with Gasteiger partial charge in [-0.15, -0.1) is 0 Å². The first-order chi connectivity index (χ1) is 18.1. The lowest BCUT2D eigenvalue weighted by Gasteiger charge is -2.17. The summed E-state index contributed by atoms with van der Waals surface area (Å²) in [5.41, 5.74) is 5.20. The summed E-state index contributed by atoms with van der Waals surface area (Å²) >= 11 is 0. The van der Waals surface area contributed by atoms with E-state index in [9.17, 15) is 9.59 Å². The van der Waals surface area contributed by atoms with Crippen molar-refractivity contribution in [2.45, 2.75) is 26.7 Å². The molecule has 37 heavy (non-hydrogen) atoms. The molecule has 5 heteroatoms. The van der Waals surface area contributed by atoms with E-state index in [0.717, 1.165) is 38.4 Å². The van der Waals surface area contributed by atoms with Crippen LogP contribution in [0.5, 0.6) is 11.5 Å². The maximum Gasteiger partial charge on any atom is 0.311 e. The first kappa shape index (κ1) is 22.9. The minimum absolute atomic E-state index is 0.0423. The molecule has 0 fully saturated rings. The second-order valence-corrected chi connectivity index (χ2v) is 9.08. The molecule has 1 aromatic heterocycles. The van der Waals surface area contributed by atoms with Gasteiger partial charge in [0.05, 0.1) is 23.4 Å². The number of carbonyl (C=O) groups excluding carboxylic acids is 2. The quantitative estimate of drug-likeness (QED) is 0.139. The fourth-order valence-electron chi connectivity index (χ4n) is 5.16. The van der Waals surface area contributed by atoms with Crippen LogP contribution >= 0.6 is 0 Å². The normalized spacial score (nSPS) is 12.0. The number of ether oxygens (including phenoxy) is 2. The number of carbonyl (C=O) groups is 2. The number of esters is 1. The Balaban J connectivity index is 1.67. The fraction of sp³-hybridized carbons (Fsp3) is 0.156. The van der Waals surface area contributed by atoms with Crippen molar-refractivity contribution in [2.24, 2.45) is 0 Å². The molecule has 6 rings (SSSR count). The number of benzene rings is 4. The van der Waals surface area contributed by atoms with Crippen molar-refractivity contribution in [3.63, 3.8) is 0 Å². The molecule has 0 N–H and O–H groups in total. The van der Waals surface area contributed by atoms with E-state index >= 15 is 0 Å². The zero-order chi connectivity index (χ0) is 25.5. The second-order valence-electron chi connectivity index (χ2n) is 9.08. The summed E-state index contributed by atoms with van der Waals surface area (Å²) in [6.07, 6.45) is 1.03. The van der Waals surface area contributed by atoms with E-state index in [0.29, 0.717) is 47.8 Å². The lowest BCUT2D eigenvalue weighted by Crippen LogP contribution is -2.08. The van der Waals surface area contributed by atoms with Gasteiger partial charge in [0.15, 0.2) is 17.3 Å². The zero-order valence-electron chi connectivity index (χ0n) is 20.7. The van der Waals surface area contributed by atoms with Crippen LogP contribution in [-0.4, -0.2) is 23.3 Å². The highest BCUT2D eigenvalue weighted by molar-refractivity contribution is 6.29. The number of hydrogen-bond donors (Lipinski definition) is 0. The van der Waals surface area contributed by atoms with Gasteiger partial charge in [-0.25, -0.2) is 4.98 Å². The van der Waals surface area contributed by atoms with Crippen molar-refractivity contribution >= 4 is 33.4 Å². The average molecular weight is 488 g/mol. The minimum atomic E-state index is -0.303. The van der Waals surface area contributed by atoms with Crippen LogP contribution in [0.4, 0.5) is 0 Å². The SMILES string of the molecule is CCCC(=O)Oc1ccc(-c2c3c(nc4ccc5ccccc5c24)-c2ccccc2C3=O)cc1OCC. The van der Waals surface area contributed by atoms with E-state index < -0.39 is 0 Å². The van der Waals surface area contributed by atoms with Crippen LogP contribution in [-0.2, 0) is 4.79 Å². The summed E-state index contributed by atoms with van der Waals surface area (Å²) < 4.78 is 11.5. The Hall–Kier alpha value is -4.51. The Morgan fingerprint density at radius 1 is 0.838 bits per heavy atom. The number of aromatic nitrogens is 1. The first-order valence-electron chi connectivity index (χ1n) is 12.6. The van der Waals surface area contributed by atoms with Crippen molar-refractivity contribution in [3.05, 3.63) is 90.0 Å². The largest absolute Gasteiger partial charge is 0.490 e. The molecule has 1 aliphatic rings. The second kappa shape index (κ2) is 9.17. The topological polar surface area (TPSA) is 65.5 Å². The van der Waals surface area contributed by atoms with Crippen molar-refractivity contribution in [1.29, 1.82) is 0 Å². The molecule has 0 spiro atoms. The Bertz CT molecular complexity index is 1720. The van der Waals surface area contributed by atoms with Crippen LogP contribution in [0.1, 0.15) is 42.6 Å². The molecule has 5 nitrogen and oxygen atoms in total. The van der Waals surface area contributed by atoms with Gasteiger partial charge in [-0.3, -0.25) is 9.59 Å². The monoisotopic (exact) mass is 487 g/mol. The zero-order valence-corrected chi connectivity index (χ0v) is 20.7. The molecule has 0 atom stereocenters. The number of pyridine rings is 1. The molecule has 182 valence electrons. The van der Waals surface area contributed by atoms with Gasteiger partial charge >= 0.3 is 5.97 Å². The highest BCUT2D eigenvalue weighted by Gasteiger charge is 2.33. The summed E-state index contributed by atoms with van der Waals surface area (Å²) in [6.45, 7) is 4.23. The van der Waals surface area contributed by atoms with Crippen LogP contribution in [0.25, 0.3) is 44.1 Å². The van der Waals surface area contributed by atoms with Crippen molar-refractivity contribution < 1.29 is 19.1 Å². The molecule has 4 aromatic carbocycles. The summed E-state index contributed by atoms with van der Waals surface area (Å²) in [5, 5.41) is 3.00. The van der Waals surface area contributed by atoms with E-state index in [-0.39, 0.29) is 11.8 Å². The summed E-state index contributed by atoms with van der Waals surface area (Å²) in [4.78, 5) is 31.1. The third kappa shape index (κ3) is 3.75. The van der Waals surface area contributed by atoms with Gasteiger partial charge in [0.2, 0.25) is 0 Å². The third-order valence-electron chi connectivity index (χ3n) is 6.74. The number of ketones is 1. The van der Waals surface area contributed by atoms with Gasteiger partial charge in [0.1, 0.15) is 0 Å². The van der Waals surface area contributed by atoms with Crippen LogP contribution in [0.15, 0.2) is 78.9 Å². The van der Waals surface area contributed by atoms with Crippen LogP contribution in [0.2, 0.25) is 0 Å². The van der Waals surface area contributed by atoms with E-state index in [4.69, 9.17) is 14.5 Å². The maximum atomic E-state index is 13.8. The molecule has 0 radical (unpaired) electrons. The van der Waals surface area contributed by atoms with Crippen molar-refractivity contribution in [1.82, 2.24) is 4.98 Å². The Kier molecular flexibility index (Phi) is 5.68. The van der Waals surface area contributed by atoms with Crippen LogP contribution in [0.3, 0.4) is 0 Å². The Morgan fingerprint density at radius 2 is 1.62 bits per heavy atom. The predicted octanol–water partition coefficient (Wildman–Crippen LogP) is 7.37. The first-order valence-corrected chi connectivity index (χ1v) is 12.6. The van der Waals surface area contributed by atoms with Crippen molar-refractivity contribution in [3.8, 4) is 33.9 Å². The number of hydrogen-bond acceptors (Lipinski definition) is 5. The van der Waals surface area contributed by atoms with Gasteiger partial charge < -0.3 is 9.47 Å². The Morgan fingerprint density at radius 3 is 2.43 bits per heavy atom. The molecule has 0 saturated carbocycles. The number of nitrogens with zero attached hydrogens (tertiary/aromatic N) is 1. The van der Waals surface area contributed by atoms with Gasteiger partial charge in [-0.05, 0) is 47.9 Å². The highest BCUT2D eigenvalue weighted by Crippen LogP contribution is 2.46. The molecule has 0 aliphatic heterocycles. The fourth-order valence-corrected chi connectivity index (χ4v) is 5.16. The maximum absolute atomic E-state index is 13.8. The number of rotatable bonds is 6. The highest BCUT2D eigenvalue weighted by atomic mass is 16.6. The Labute approximate surface area is 214 Å². The summed E-state index contributed by atoms with van der Waals surface area (Å²) in [6, 6.07) is 25.3. The number of fused-ring (bicyclic) bond motifs is 6. The standard InChI is InChI=1S/C32H25NO4/c1-3-9-27(34)37-25-17-15-20(18-26(25)36-4-2)28-29-21-11-6-5-10-19(21)14-16-24(29)33-31-22-12-7-8-13-23(22)32(35)30(28)31/h5-8,10-18H,3-4,9H2,1-2H3. The molecule has 0 bridgehead atoms. The van der Waals surface area contributed by atoms with E-state index in [1.807, 2.05) is 68.4 Å². The van der Waals surface area contributed by atoms with E-state index in [2.05, 4.69) is 18.2 Å². The molecule has 1 heterocycles. The van der Waals surface area contributed by atoms with E-state index in [1.54, 1.807) is 6.07 Å². The molecular weight excluding hydrogens is 462 g/mol. The molecule has 0 saturated heterocycles. The molecule has 0 amide bonds. The summed E-state index contributed by atoms with van der Waals surface area (Å²) in [5.74, 6) is 0.493. The van der Waals surface area contributed by atoms with Gasteiger partial charge in [-0.2, -0.15) is 0 Å². The summed E-state index contributed by atoms with van der Waals surface area (Å²) in [7, 11) is 0. The van der Waals surface area contributed by atoms with Gasteiger partial charge in [0.25, 0.3) is 0 Å². The van der Waals surface area contributed by atoms with Crippen LogP contribution < -0.4 is 9.47 Å². The lowest BCUT2D eigenvalue weighted by molar-refractivity contribution is -0.134. The molecule has 5 aromatic rings. The average Bonchev–Trinajstić information content (AvgIpc) is 3.20. The van der Waals surface area contributed by atoms with Gasteiger partial charge in [-0.1, -0.05) is 67.6 Å². The van der Waals surface area contributed by atoms with E-state index in [1.165, 1.54) is 0 Å². The van der Waals surface area contributed by atoms with Crippen molar-refractivity contribution in [2.75, 3.05) is 6.61 Å². The third-order valence-corrected chi connectivity index (χ3v) is 6.74. The predicted molar refractivity (Wildman–Crippen MR) is 145 cm³/mol.